The molecule has 0 amide bonds. The molecular weight excluding hydrogens is 592 g/mol. The smallest absolute Gasteiger partial charge is 0.303 e. The Balaban J connectivity index is 0.00000160. The summed E-state index contributed by atoms with van der Waals surface area (Å²) in [6.45, 7) is 11.5. The Morgan fingerprint density at radius 1 is 0.830 bits per heavy atom. The lowest BCUT2D eigenvalue weighted by Gasteiger charge is -2.36. The molecule has 2 N–H and O–H groups in total. The lowest BCUT2D eigenvalue weighted by Crippen LogP contribution is -2.47. The third kappa shape index (κ3) is 12.1. The molecule has 2 aliphatic rings. The van der Waals surface area contributed by atoms with Crippen molar-refractivity contribution in [3.05, 3.63) is 65.4 Å². The minimum absolute atomic E-state index is 0.107. The number of anilines is 1. The molecule has 0 saturated carbocycles. The lowest BCUT2D eigenvalue weighted by molar-refractivity contribution is -0.137. The number of aryl methyl sites for hydroxylation is 2. The molecule has 0 bridgehead atoms. The van der Waals surface area contributed by atoms with E-state index in [4.69, 9.17) is 24.7 Å². The Bertz CT molecular complexity index is 1370. The van der Waals surface area contributed by atoms with E-state index in [1.807, 2.05) is 6.07 Å². The van der Waals surface area contributed by atoms with Gasteiger partial charge in [-0.05, 0) is 93.1 Å². The third-order valence-corrected chi connectivity index (χ3v) is 9.24. The molecule has 0 unspecified atom stereocenters. The first kappa shape index (κ1) is 36.2. The Hall–Kier alpha value is -3.69. The maximum Gasteiger partial charge on any atom is 0.303 e. The van der Waals surface area contributed by atoms with Crippen molar-refractivity contribution >= 4 is 29.0 Å². The summed E-state index contributed by atoms with van der Waals surface area (Å²) in [7, 11) is 0. The van der Waals surface area contributed by atoms with Crippen molar-refractivity contribution in [3.63, 3.8) is 0 Å². The molecule has 9 nitrogen and oxygen atoms in total. The van der Waals surface area contributed by atoms with E-state index >= 15 is 0 Å². The summed E-state index contributed by atoms with van der Waals surface area (Å²) < 4.78 is 6.05. The average Bonchev–Trinajstić information content (AvgIpc) is 3.37. The van der Waals surface area contributed by atoms with Gasteiger partial charge in [0.25, 0.3) is 6.47 Å². The van der Waals surface area contributed by atoms with Crippen molar-refractivity contribution in [3.8, 4) is 5.75 Å². The van der Waals surface area contributed by atoms with Crippen molar-refractivity contribution in [2.45, 2.75) is 77.6 Å². The minimum Gasteiger partial charge on any atom is -0.494 e. The second kappa shape index (κ2) is 19.9. The molecule has 1 aromatic heterocycles. The number of carboxylic acids is 1. The highest BCUT2D eigenvalue weighted by atomic mass is 16.5. The van der Waals surface area contributed by atoms with Crippen LogP contribution in [-0.2, 0) is 28.9 Å². The number of piperazine rings is 1. The zero-order chi connectivity index (χ0) is 33.3. The monoisotopic (exact) mass is 646 g/mol. The molecule has 5 rings (SSSR count). The van der Waals surface area contributed by atoms with E-state index in [0.717, 1.165) is 87.5 Å². The first-order valence-corrected chi connectivity index (χ1v) is 17.6. The van der Waals surface area contributed by atoms with Gasteiger partial charge in [0.15, 0.2) is 0 Å². The van der Waals surface area contributed by atoms with Crippen LogP contribution in [0.25, 0.3) is 10.9 Å². The number of hydrogen-bond acceptors (Lipinski definition) is 7. The predicted molar refractivity (Wildman–Crippen MR) is 189 cm³/mol. The number of fused-ring (bicyclic) bond motifs is 1. The number of carbonyl (C=O) groups is 2. The van der Waals surface area contributed by atoms with Gasteiger partial charge in [-0.2, -0.15) is 0 Å². The number of hydrogen-bond donors (Lipinski definition) is 2. The molecule has 3 heterocycles. The zero-order valence-electron chi connectivity index (χ0n) is 28.2. The van der Waals surface area contributed by atoms with Crippen molar-refractivity contribution in [1.82, 2.24) is 14.8 Å². The molecule has 2 aliphatic heterocycles. The molecule has 47 heavy (non-hydrogen) atoms. The summed E-state index contributed by atoms with van der Waals surface area (Å²) in [5, 5.41) is 17.2. The number of aromatic nitrogens is 1. The van der Waals surface area contributed by atoms with Crippen LogP contribution in [-0.4, -0.2) is 96.4 Å². The fraction of sp³-hybridized carbons (Fsp3) is 0.553. The first-order valence-electron chi connectivity index (χ1n) is 17.6. The van der Waals surface area contributed by atoms with Crippen LogP contribution in [0, 0.1) is 0 Å². The van der Waals surface area contributed by atoms with E-state index in [0.29, 0.717) is 6.42 Å². The Kier molecular flexibility index (Phi) is 15.3. The first-order chi connectivity index (χ1) is 23.0. The molecule has 2 fully saturated rings. The highest BCUT2D eigenvalue weighted by Crippen LogP contribution is 2.30. The van der Waals surface area contributed by atoms with Crippen molar-refractivity contribution < 1.29 is 24.5 Å². The van der Waals surface area contributed by atoms with Gasteiger partial charge in [-0.25, -0.2) is 0 Å². The van der Waals surface area contributed by atoms with Gasteiger partial charge in [-0.3, -0.25) is 19.5 Å². The van der Waals surface area contributed by atoms with Gasteiger partial charge in [0.1, 0.15) is 5.75 Å². The number of likely N-dealkylation sites (tertiary alicyclic amines) is 1. The standard InChI is InChI=1S/C37H52N4O3.CH2O2/c1-2-3-9-31-28-32-12-13-33(14-17-36(42)43)38-37(32)35(29-31)41-25-23-40(24-26-41)22-18-30-10-15-34(16-11-30)44-27-8-21-39-19-6-4-5-7-20-39;2-1-3/h10-13,15-16,28-29H,2-9,14,17-27H2,1H3,(H,42,43);1H,(H,2,3). The number of ether oxygens (including phenoxy) is 1. The zero-order valence-corrected chi connectivity index (χ0v) is 28.2. The van der Waals surface area contributed by atoms with E-state index < -0.39 is 5.97 Å². The summed E-state index contributed by atoms with van der Waals surface area (Å²) in [5.41, 5.74) is 5.78. The van der Waals surface area contributed by atoms with Gasteiger partial charge >= 0.3 is 5.97 Å². The van der Waals surface area contributed by atoms with Gasteiger partial charge in [-0.15, -0.1) is 0 Å². The largest absolute Gasteiger partial charge is 0.494 e. The molecule has 2 aromatic carbocycles. The Morgan fingerprint density at radius 2 is 1.53 bits per heavy atom. The SMILES string of the molecule is CCCCc1cc(N2CCN(CCc3ccc(OCCCN4CCCCCC4)cc3)CC2)c2nc(CCC(=O)O)ccc2c1.O=CO. The van der Waals surface area contributed by atoms with E-state index in [2.05, 4.69) is 64.1 Å². The van der Waals surface area contributed by atoms with Gasteiger partial charge in [0, 0.05) is 56.8 Å². The van der Waals surface area contributed by atoms with Gasteiger partial charge in [0.05, 0.1) is 24.2 Å². The van der Waals surface area contributed by atoms with Crippen LogP contribution in [0.1, 0.15) is 75.1 Å². The van der Waals surface area contributed by atoms with Crippen LogP contribution < -0.4 is 9.64 Å². The maximum absolute atomic E-state index is 11.1. The number of nitrogens with zero attached hydrogens (tertiary/aromatic N) is 4. The molecule has 0 atom stereocenters. The van der Waals surface area contributed by atoms with Gasteiger partial charge in [0.2, 0.25) is 0 Å². The van der Waals surface area contributed by atoms with Gasteiger partial charge < -0.3 is 24.7 Å². The van der Waals surface area contributed by atoms with Crippen molar-refractivity contribution in [1.29, 1.82) is 0 Å². The molecule has 0 spiro atoms. The van der Waals surface area contributed by atoms with E-state index in [1.54, 1.807) is 0 Å². The van der Waals surface area contributed by atoms with Crippen LogP contribution in [0.15, 0.2) is 48.5 Å². The molecule has 256 valence electrons. The summed E-state index contributed by atoms with van der Waals surface area (Å²) in [6, 6.07) is 17.4. The molecule has 2 saturated heterocycles. The third-order valence-electron chi connectivity index (χ3n) is 9.24. The number of carboxylic acid groups (broad SMARTS) is 2. The van der Waals surface area contributed by atoms with E-state index in [-0.39, 0.29) is 12.9 Å². The lowest BCUT2D eigenvalue weighted by atomic mass is 10.0. The molecule has 3 aromatic rings. The van der Waals surface area contributed by atoms with Crippen LogP contribution in [0.2, 0.25) is 0 Å². The topological polar surface area (TPSA) is 106 Å². The normalized spacial score (nSPS) is 15.9. The minimum atomic E-state index is -0.781. The molecular formula is C38H54N4O5. The van der Waals surface area contributed by atoms with E-state index in [9.17, 15) is 4.79 Å². The Morgan fingerprint density at radius 3 is 2.21 bits per heavy atom. The fourth-order valence-corrected chi connectivity index (χ4v) is 6.55. The van der Waals surface area contributed by atoms with Crippen LogP contribution in [0.5, 0.6) is 5.75 Å². The predicted octanol–water partition coefficient (Wildman–Crippen LogP) is 6.31. The van der Waals surface area contributed by atoms with Gasteiger partial charge in [-0.1, -0.05) is 44.4 Å². The number of rotatable bonds is 15. The number of benzene rings is 2. The Labute approximate surface area is 280 Å². The van der Waals surface area contributed by atoms with Crippen LogP contribution >= 0.6 is 0 Å². The maximum atomic E-state index is 11.1. The average molecular weight is 647 g/mol. The number of pyridine rings is 1. The molecule has 0 radical (unpaired) electrons. The highest BCUT2D eigenvalue weighted by Gasteiger charge is 2.20. The number of unbranched alkanes of at least 4 members (excludes halogenated alkanes) is 1. The van der Waals surface area contributed by atoms with Crippen LogP contribution in [0.3, 0.4) is 0 Å². The summed E-state index contributed by atoms with van der Waals surface area (Å²) in [6.07, 6.45) is 11.6. The summed E-state index contributed by atoms with van der Waals surface area (Å²) in [5.74, 6) is 0.197. The fourth-order valence-electron chi connectivity index (χ4n) is 6.55. The summed E-state index contributed by atoms with van der Waals surface area (Å²) in [4.78, 5) is 32.1. The van der Waals surface area contributed by atoms with Crippen LogP contribution in [0.4, 0.5) is 5.69 Å². The second-order valence-electron chi connectivity index (χ2n) is 12.8. The molecule has 9 heteroatoms. The van der Waals surface area contributed by atoms with E-state index in [1.165, 1.54) is 68.4 Å². The second-order valence-corrected chi connectivity index (χ2v) is 12.8. The number of aliphatic carboxylic acids is 1. The molecule has 0 aliphatic carbocycles. The summed E-state index contributed by atoms with van der Waals surface area (Å²) >= 11 is 0. The van der Waals surface area contributed by atoms with Crippen molar-refractivity contribution in [2.24, 2.45) is 0 Å². The highest BCUT2D eigenvalue weighted by molar-refractivity contribution is 5.92. The quantitative estimate of drug-likeness (QED) is 0.145. The van der Waals surface area contributed by atoms with Crippen molar-refractivity contribution in [2.75, 3.05) is 63.9 Å².